The number of hydrogen-bond acceptors (Lipinski definition) is 4. The predicted octanol–water partition coefficient (Wildman–Crippen LogP) is 3.20. The molecule has 1 atom stereocenters. The van der Waals surface area contributed by atoms with Crippen molar-refractivity contribution in [2.24, 2.45) is 7.05 Å². The molecule has 0 aliphatic carbocycles. The lowest BCUT2D eigenvalue weighted by atomic mass is 10.0. The zero-order chi connectivity index (χ0) is 15.3. The summed E-state index contributed by atoms with van der Waals surface area (Å²) >= 11 is 0. The zero-order valence-electron chi connectivity index (χ0n) is 13.0. The van der Waals surface area contributed by atoms with Gasteiger partial charge in [0.15, 0.2) is 0 Å². The number of hydrogen-bond donors (Lipinski definition) is 1. The van der Waals surface area contributed by atoms with Gasteiger partial charge in [0.1, 0.15) is 11.5 Å². The van der Waals surface area contributed by atoms with Gasteiger partial charge >= 0.3 is 0 Å². The molecule has 5 nitrogen and oxygen atoms in total. The third-order valence-electron chi connectivity index (χ3n) is 4.30. The fraction of sp³-hybridized carbons (Fsp3) is 0.353. The van der Waals surface area contributed by atoms with Crippen LogP contribution in [0.4, 0.5) is 5.82 Å². The molecule has 1 aliphatic heterocycles. The third kappa shape index (κ3) is 2.13. The quantitative estimate of drug-likeness (QED) is 0.788. The summed E-state index contributed by atoms with van der Waals surface area (Å²) < 4.78 is 1.73. The summed E-state index contributed by atoms with van der Waals surface area (Å²) in [6.07, 6.45) is 2.86. The first kappa shape index (κ1) is 13.2. The largest absolute Gasteiger partial charge is 0.361 e. The number of nitrogens with one attached hydrogen (secondary N) is 1. The Labute approximate surface area is 129 Å². The summed E-state index contributed by atoms with van der Waals surface area (Å²) in [5.74, 6) is 1.49. The van der Waals surface area contributed by atoms with Gasteiger partial charge < -0.3 is 5.32 Å². The van der Waals surface area contributed by atoms with Crippen LogP contribution in [0.2, 0.25) is 0 Å². The first-order valence-electron chi connectivity index (χ1n) is 7.66. The summed E-state index contributed by atoms with van der Waals surface area (Å²) in [6, 6.07) is 8.97. The molecular formula is C17H19N5. The summed E-state index contributed by atoms with van der Waals surface area (Å²) in [5, 5.41) is 12.9. The Balaban J connectivity index is 1.72. The number of aryl methyl sites for hydroxylation is 1. The highest BCUT2D eigenvalue weighted by atomic mass is 15.4. The van der Waals surface area contributed by atoms with E-state index in [-0.39, 0.29) is 6.04 Å². The van der Waals surface area contributed by atoms with E-state index in [9.17, 15) is 0 Å². The molecule has 1 aliphatic rings. The lowest BCUT2D eigenvalue weighted by Gasteiger charge is -2.08. The molecule has 0 saturated heterocycles. The minimum atomic E-state index is 0.164. The first-order chi connectivity index (χ1) is 10.6. The molecule has 22 heavy (non-hydrogen) atoms. The standard InChI is InChI=1S/C17H19N5/c1-10(2)11-4-5-12-6-13-8-15(16-9-22(3)21-20-16)19-17(13)18-14(12)7-11/h4-7,9-10,15H,8H2,1-3H3,(H,18,19)/t15-/m0/s1. The topological polar surface area (TPSA) is 55.6 Å². The Morgan fingerprint density at radius 3 is 2.86 bits per heavy atom. The van der Waals surface area contributed by atoms with Crippen molar-refractivity contribution in [3.05, 3.63) is 47.3 Å². The molecule has 0 saturated carbocycles. The molecule has 0 radical (unpaired) electrons. The van der Waals surface area contributed by atoms with Gasteiger partial charge in [-0.05, 0) is 29.2 Å². The molecule has 2 aromatic heterocycles. The molecule has 0 unspecified atom stereocenters. The highest BCUT2D eigenvalue weighted by Crippen LogP contribution is 2.34. The molecule has 3 heterocycles. The molecule has 1 aromatic carbocycles. The van der Waals surface area contributed by atoms with Gasteiger partial charge in [-0.2, -0.15) is 0 Å². The molecule has 0 spiro atoms. The van der Waals surface area contributed by atoms with Gasteiger partial charge in [0.2, 0.25) is 0 Å². The van der Waals surface area contributed by atoms with Crippen LogP contribution in [0.3, 0.4) is 0 Å². The van der Waals surface area contributed by atoms with E-state index in [2.05, 4.69) is 53.7 Å². The van der Waals surface area contributed by atoms with Crippen LogP contribution in [-0.4, -0.2) is 20.0 Å². The number of benzene rings is 1. The van der Waals surface area contributed by atoms with Crippen molar-refractivity contribution in [3.63, 3.8) is 0 Å². The minimum Gasteiger partial charge on any atom is -0.361 e. The van der Waals surface area contributed by atoms with E-state index < -0.39 is 0 Å². The minimum absolute atomic E-state index is 0.164. The van der Waals surface area contributed by atoms with Crippen LogP contribution in [-0.2, 0) is 13.5 Å². The molecule has 1 N–H and O–H groups in total. The SMILES string of the molecule is CC(C)c1ccc2cc3c(nc2c1)N[C@H](c1cn(C)nn1)C3. The Kier molecular flexibility index (Phi) is 2.89. The second kappa shape index (κ2) is 4.80. The normalized spacial score (nSPS) is 17.0. The fourth-order valence-corrected chi connectivity index (χ4v) is 3.01. The lowest BCUT2D eigenvalue weighted by Crippen LogP contribution is -2.06. The van der Waals surface area contributed by atoms with E-state index in [0.717, 1.165) is 23.4 Å². The molecule has 3 aromatic rings. The third-order valence-corrected chi connectivity index (χ3v) is 4.30. The molecule has 112 valence electrons. The Morgan fingerprint density at radius 1 is 1.27 bits per heavy atom. The van der Waals surface area contributed by atoms with E-state index in [1.165, 1.54) is 16.5 Å². The van der Waals surface area contributed by atoms with E-state index in [1.54, 1.807) is 4.68 Å². The van der Waals surface area contributed by atoms with Crippen molar-refractivity contribution in [1.82, 2.24) is 20.0 Å². The van der Waals surface area contributed by atoms with Crippen LogP contribution in [0.15, 0.2) is 30.5 Å². The van der Waals surface area contributed by atoms with Crippen molar-refractivity contribution >= 4 is 16.7 Å². The van der Waals surface area contributed by atoms with Crippen LogP contribution in [0.25, 0.3) is 10.9 Å². The maximum atomic E-state index is 4.82. The number of fused-ring (bicyclic) bond motifs is 2. The highest BCUT2D eigenvalue weighted by molar-refractivity contribution is 5.83. The second-order valence-electron chi connectivity index (χ2n) is 6.32. The first-order valence-corrected chi connectivity index (χ1v) is 7.66. The van der Waals surface area contributed by atoms with Gasteiger partial charge in [0, 0.05) is 18.9 Å². The molecule has 0 bridgehead atoms. The van der Waals surface area contributed by atoms with Gasteiger partial charge in [-0.25, -0.2) is 4.98 Å². The monoisotopic (exact) mass is 293 g/mol. The summed E-state index contributed by atoms with van der Waals surface area (Å²) in [5.41, 5.74) is 4.59. The van der Waals surface area contributed by atoms with Crippen molar-refractivity contribution < 1.29 is 0 Å². The van der Waals surface area contributed by atoms with Crippen molar-refractivity contribution in [2.45, 2.75) is 32.2 Å². The highest BCUT2D eigenvalue weighted by Gasteiger charge is 2.25. The number of rotatable bonds is 2. The maximum Gasteiger partial charge on any atom is 0.130 e. The van der Waals surface area contributed by atoms with Crippen molar-refractivity contribution in [1.29, 1.82) is 0 Å². The lowest BCUT2D eigenvalue weighted by molar-refractivity contribution is 0.709. The molecule has 0 amide bonds. The molecule has 4 rings (SSSR count). The Morgan fingerprint density at radius 2 is 2.14 bits per heavy atom. The molecule has 5 heteroatoms. The van der Waals surface area contributed by atoms with Crippen LogP contribution >= 0.6 is 0 Å². The fourth-order valence-electron chi connectivity index (χ4n) is 3.01. The van der Waals surface area contributed by atoms with E-state index >= 15 is 0 Å². The number of aromatic nitrogens is 4. The number of anilines is 1. The van der Waals surface area contributed by atoms with Crippen LogP contribution in [0.1, 0.15) is 42.6 Å². The van der Waals surface area contributed by atoms with Gasteiger partial charge in [0.05, 0.1) is 17.8 Å². The van der Waals surface area contributed by atoms with Gasteiger partial charge in [-0.3, -0.25) is 4.68 Å². The van der Waals surface area contributed by atoms with Crippen molar-refractivity contribution in [3.8, 4) is 0 Å². The van der Waals surface area contributed by atoms with Gasteiger partial charge in [-0.15, -0.1) is 5.10 Å². The zero-order valence-corrected chi connectivity index (χ0v) is 13.0. The van der Waals surface area contributed by atoms with E-state index in [4.69, 9.17) is 4.98 Å². The average Bonchev–Trinajstić information content (AvgIpc) is 3.09. The number of pyridine rings is 1. The Hall–Kier alpha value is -2.43. The van der Waals surface area contributed by atoms with Crippen LogP contribution in [0.5, 0.6) is 0 Å². The summed E-state index contributed by atoms with van der Waals surface area (Å²) in [7, 11) is 1.89. The smallest absolute Gasteiger partial charge is 0.130 e. The van der Waals surface area contributed by atoms with E-state index in [1.807, 2.05) is 13.2 Å². The number of nitrogens with zero attached hydrogens (tertiary/aromatic N) is 4. The summed E-state index contributed by atoms with van der Waals surface area (Å²) in [4.78, 5) is 4.82. The summed E-state index contributed by atoms with van der Waals surface area (Å²) in [6.45, 7) is 4.41. The molecule has 0 fully saturated rings. The van der Waals surface area contributed by atoms with E-state index in [0.29, 0.717) is 5.92 Å². The second-order valence-corrected chi connectivity index (χ2v) is 6.32. The Bertz CT molecular complexity index is 849. The maximum absolute atomic E-state index is 4.82. The average molecular weight is 293 g/mol. The van der Waals surface area contributed by atoms with Crippen LogP contribution < -0.4 is 5.32 Å². The van der Waals surface area contributed by atoms with Gasteiger partial charge in [0.25, 0.3) is 0 Å². The van der Waals surface area contributed by atoms with Crippen molar-refractivity contribution in [2.75, 3.05) is 5.32 Å². The predicted molar refractivity (Wildman–Crippen MR) is 86.9 cm³/mol. The van der Waals surface area contributed by atoms with Crippen LogP contribution in [0, 0.1) is 0 Å². The van der Waals surface area contributed by atoms with Gasteiger partial charge in [-0.1, -0.05) is 31.2 Å². The molecular weight excluding hydrogens is 274 g/mol.